The van der Waals surface area contributed by atoms with E-state index in [1.807, 2.05) is 13.0 Å². The average molecular weight is 425 g/mol. The van der Waals surface area contributed by atoms with Crippen LogP contribution in [0.25, 0.3) is 0 Å². The van der Waals surface area contributed by atoms with Crippen molar-refractivity contribution in [1.82, 2.24) is 0 Å². The fraction of sp³-hybridized carbons (Fsp3) is 0.462. The van der Waals surface area contributed by atoms with Crippen molar-refractivity contribution in [3.05, 3.63) is 59.2 Å². The Labute approximate surface area is 184 Å². The van der Waals surface area contributed by atoms with E-state index in [2.05, 4.69) is 6.92 Å². The summed E-state index contributed by atoms with van der Waals surface area (Å²) in [5, 5.41) is 9.71. The highest BCUT2D eigenvalue weighted by Gasteiger charge is 2.25. The summed E-state index contributed by atoms with van der Waals surface area (Å²) in [7, 11) is 0. The summed E-state index contributed by atoms with van der Waals surface area (Å²) >= 11 is 0. The number of carboxylic acids is 1. The van der Waals surface area contributed by atoms with Gasteiger partial charge in [-0.05, 0) is 86.4 Å². The molecule has 0 spiro atoms. The molecule has 1 N–H and O–H groups in total. The molecular weight excluding hydrogens is 392 g/mol. The van der Waals surface area contributed by atoms with Gasteiger partial charge in [-0.1, -0.05) is 32.3 Å². The van der Waals surface area contributed by atoms with E-state index in [4.69, 9.17) is 9.47 Å². The number of aromatic carboxylic acids is 1. The summed E-state index contributed by atoms with van der Waals surface area (Å²) in [5.41, 5.74) is 1.08. The summed E-state index contributed by atoms with van der Waals surface area (Å²) in [6.45, 7) is 4.67. The van der Waals surface area contributed by atoms with Gasteiger partial charge in [-0.15, -0.1) is 0 Å². The van der Waals surface area contributed by atoms with Gasteiger partial charge in [-0.3, -0.25) is 0 Å². The largest absolute Gasteiger partial charge is 0.494 e. The first-order valence-corrected chi connectivity index (χ1v) is 11.3. The van der Waals surface area contributed by atoms with Gasteiger partial charge in [0.05, 0.1) is 17.7 Å². The number of hydrogen-bond donors (Lipinski definition) is 1. The van der Waals surface area contributed by atoms with Crippen LogP contribution in [0.3, 0.4) is 0 Å². The lowest BCUT2D eigenvalue weighted by molar-refractivity contribution is 0.0667. The van der Waals surface area contributed by atoms with Crippen LogP contribution in [0.1, 0.15) is 91.0 Å². The van der Waals surface area contributed by atoms with Crippen molar-refractivity contribution in [2.45, 2.75) is 64.7 Å². The van der Waals surface area contributed by atoms with E-state index >= 15 is 0 Å². The van der Waals surface area contributed by atoms with Gasteiger partial charge in [0, 0.05) is 0 Å². The van der Waals surface area contributed by atoms with Crippen molar-refractivity contribution in [2.24, 2.45) is 5.92 Å². The minimum Gasteiger partial charge on any atom is -0.494 e. The first-order valence-electron chi connectivity index (χ1n) is 11.3. The van der Waals surface area contributed by atoms with Crippen molar-refractivity contribution < 1.29 is 24.2 Å². The zero-order valence-electron chi connectivity index (χ0n) is 18.4. The third kappa shape index (κ3) is 6.09. The molecular formula is C26H32O5. The lowest BCUT2D eigenvalue weighted by Gasteiger charge is -2.29. The molecule has 1 saturated carbocycles. The minimum absolute atomic E-state index is 0.00143. The Morgan fingerprint density at radius 1 is 0.935 bits per heavy atom. The fourth-order valence-corrected chi connectivity index (χ4v) is 4.38. The van der Waals surface area contributed by atoms with E-state index in [0.717, 1.165) is 24.3 Å². The molecule has 0 heterocycles. The zero-order chi connectivity index (χ0) is 22.2. The number of carboxylic acid groups (broad SMARTS) is 1. The van der Waals surface area contributed by atoms with Gasteiger partial charge < -0.3 is 14.6 Å². The number of ether oxygens (including phenoxy) is 2. The molecule has 5 nitrogen and oxygen atoms in total. The van der Waals surface area contributed by atoms with Crippen LogP contribution in [-0.4, -0.2) is 23.7 Å². The average Bonchev–Trinajstić information content (AvgIpc) is 2.79. The van der Waals surface area contributed by atoms with Crippen LogP contribution in [0.2, 0.25) is 0 Å². The van der Waals surface area contributed by atoms with Crippen molar-refractivity contribution in [1.29, 1.82) is 0 Å². The molecule has 3 rings (SSSR count). The molecule has 2 aromatic rings. The molecule has 0 atom stereocenters. The molecule has 1 aliphatic carbocycles. The highest BCUT2D eigenvalue weighted by Crippen LogP contribution is 2.38. The number of benzene rings is 2. The van der Waals surface area contributed by atoms with Gasteiger partial charge >= 0.3 is 11.9 Å². The van der Waals surface area contributed by atoms with Crippen molar-refractivity contribution in [3.63, 3.8) is 0 Å². The molecule has 31 heavy (non-hydrogen) atoms. The molecule has 0 bridgehead atoms. The Hall–Kier alpha value is -2.82. The molecule has 0 aromatic heterocycles. The van der Waals surface area contributed by atoms with Crippen LogP contribution in [0.4, 0.5) is 0 Å². The Morgan fingerprint density at radius 3 is 2.23 bits per heavy atom. The Morgan fingerprint density at radius 2 is 1.61 bits per heavy atom. The lowest BCUT2D eigenvalue weighted by atomic mass is 9.76. The van der Waals surface area contributed by atoms with Gasteiger partial charge in [0.2, 0.25) is 0 Å². The topological polar surface area (TPSA) is 72.8 Å². The van der Waals surface area contributed by atoms with Crippen LogP contribution in [0.15, 0.2) is 42.5 Å². The maximum absolute atomic E-state index is 12.7. The smallest absolute Gasteiger partial charge is 0.344 e. The van der Waals surface area contributed by atoms with E-state index < -0.39 is 11.9 Å². The predicted octanol–water partition coefficient (Wildman–Crippen LogP) is 6.47. The maximum atomic E-state index is 12.7. The minimum atomic E-state index is -1.11. The van der Waals surface area contributed by atoms with E-state index in [-0.39, 0.29) is 11.1 Å². The Bertz CT molecular complexity index is 879. The fourth-order valence-electron chi connectivity index (χ4n) is 4.38. The van der Waals surface area contributed by atoms with Crippen LogP contribution >= 0.6 is 0 Å². The van der Waals surface area contributed by atoms with Crippen LogP contribution in [-0.2, 0) is 0 Å². The Balaban J connectivity index is 1.70. The van der Waals surface area contributed by atoms with Crippen LogP contribution < -0.4 is 9.47 Å². The standard InChI is InChI=1S/C26H32O5/c1-3-5-6-18-7-9-19(10-8-18)20-11-16-23(24(17-20)25(27)28)26(29)31-22-14-12-21(13-15-22)30-4-2/h11-19H,3-10H2,1-2H3,(H,27,28). The quantitative estimate of drug-likeness (QED) is 0.369. The molecule has 0 unspecified atom stereocenters. The summed E-state index contributed by atoms with van der Waals surface area (Å²) in [6.07, 6.45) is 8.33. The molecule has 2 aromatic carbocycles. The molecule has 1 aliphatic rings. The van der Waals surface area contributed by atoms with Crippen molar-refractivity contribution in [3.8, 4) is 11.5 Å². The van der Waals surface area contributed by atoms with Gasteiger partial charge in [0.15, 0.2) is 0 Å². The van der Waals surface area contributed by atoms with Gasteiger partial charge in [0.25, 0.3) is 0 Å². The second kappa shape index (κ2) is 11.0. The molecule has 166 valence electrons. The van der Waals surface area contributed by atoms with E-state index in [1.54, 1.807) is 36.4 Å². The summed E-state index contributed by atoms with van der Waals surface area (Å²) in [6, 6.07) is 11.8. The first-order chi connectivity index (χ1) is 15.0. The number of hydrogen-bond acceptors (Lipinski definition) is 4. The summed E-state index contributed by atoms with van der Waals surface area (Å²) in [5.74, 6) is 0.390. The maximum Gasteiger partial charge on any atom is 0.344 e. The number of carbonyl (C=O) groups is 2. The second-order valence-corrected chi connectivity index (χ2v) is 8.26. The molecule has 0 saturated heterocycles. The third-order valence-electron chi connectivity index (χ3n) is 6.12. The number of rotatable bonds is 9. The van der Waals surface area contributed by atoms with Gasteiger partial charge in [0.1, 0.15) is 11.5 Å². The van der Waals surface area contributed by atoms with Crippen LogP contribution in [0.5, 0.6) is 11.5 Å². The number of carbonyl (C=O) groups excluding carboxylic acids is 1. The first kappa shape index (κ1) is 22.9. The SMILES string of the molecule is CCCCC1CCC(c2ccc(C(=O)Oc3ccc(OCC)cc3)c(C(=O)O)c2)CC1. The summed E-state index contributed by atoms with van der Waals surface area (Å²) in [4.78, 5) is 24.5. The highest BCUT2D eigenvalue weighted by atomic mass is 16.5. The van der Waals surface area contributed by atoms with E-state index in [1.165, 1.54) is 32.1 Å². The zero-order valence-corrected chi connectivity index (χ0v) is 18.4. The van der Waals surface area contributed by atoms with Crippen molar-refractivity contribution >= 4 is 11.9 Å². The third-order valence-corrected chi connectivity index (χ3v) is 6.12. The molecule has 1 fully saturated rings. The van der Waals surface area contributed by atoms with Crippen molar-refractivity contribution in [2.75, 3.05) is 6.61 Å². The van der Waals surface area contributed by atoms with Gasteiger partial charge in [-0.25, -0.2) is 9.59 Å². The van der Waals surface area contributed by atoms with Gasteiger partial charge in [-0.2, -0.15) is 0 Å². The monoisotopic (exact) mass is 424 g/mol. The number of esters is 1. The molecule has 5 heteroatoms. The molecule has 0 amide bonds. The number of unbranched alkanes of at least 4 members (excludes halogenated alkanes) is 1. The Kier molecular flexibility index (Phi) is 8.10. The summed E-state index contributed by atoms with van der Waals surface area (Å²) < 4.78 is 10.8. The lowest BCUT2D eigenvalue weighted by Crippen LogP contribution is -2.17. The normalized spacial score (nSPS) is 18.4. The van der Waals surface area contributed by atoms with E-state index in [9.17, 15) is 14.7 Å². The van der Waals surface area contributed by atoms with E-state index in [0.29, 0.717) is 24.0 Å². The molecule has 0 aliphatic heterocycles. The molecule has 0 radical (unpaired) electrons. The van der Waals surface area contributed by atoms with Crippen LogP contribution in [0, 0.1) is 5.92 Å². The highest BCUT2D eigenvalue weighted by molar-refractivity contribution is 6.03. The second-order valence-electron chi connectivity index (χ2n) is 8.26. The predicted molar refractivity (Wildman–Crippen MR) is 120 cm³/mol.